The summed E-state index contributed by atoms with van der Waals surface area (Å²) in [6.45, 7) is 0. The molecule has 0 bridgehead atoms. The molecule has 4 nitrogen and oxygen atoms in total. The highest BCUT2D eigenvalue weighted by Gasteiger charge is 2.12. The maximum atomic E-state index is 10.7. The van der Waals surface area contributed by atoms with Gasteiger partial charge < -0.3 is 5.32 Å². The number of nitrogens with one attached hydrogen (secondary N) is 1. The van der Waals surface area contributed by atoms with E-state index in [0.29, 0.717) is 5.69 Å². The molecular formula is C7H10ClNO3S. The summed E-state index contributed by atoms with van der Waals surface area (Å²) in [7, 11) is -2.52. The predicted octanol–water partition coefficient (Wildman–Crippen LogP) is 1.40. The molecule has 1 aromatic carbocycles. The lowest BCUT2D eigenvalue weighted by Gasteiger charge is -2.04. The Labute approximate surface area is 83.1 Å². The Bertz CT molecular complexity index is 377. The van der Waals surface area contributed by atoms with Gasteiger partial charge in [-0.2, -0.15) is 8.42 Å². The smallest absolute Gasteiger partial charge is 0.296 e. The third kappa shape index (κ3) is 2.87. The van der Waals surface area contributed by atoms with E-state index >= 15 is 0 Å². The Morgan fingerprint density at radius 3 is 2.23 bits per heavy atom. The molecule has 0 atom stereocenters. The number of rotatable bonds is 2. The molecule has 0 radical (unpaired) electrons. The second kappa shape index (κ2) is 4.45. The number of anilines is 1. The Hall–Kier alpha value is -0.780. The van der Waals surface area contributed by atoms with E-state index in [4.69, 9.17) is 4.55 Å². The molecule has 0 saturated carbocycles. The van der Waals surface area contributed by atoms with Gasteiger partial charge in [0.1, 0.15) is 4.90 Å². The lowest BCUT2D eigenvalue weighted by atomic mass is 10.3. The van der Waals surface area contributed by atoms with E-state index in [-0.39, 0.29) is 17.3 Å². The third-order valence-corrected chi connectivity index (χ3v) is 2.35. The molecule has 1 rings (SSSR count). The van der Waals surface area contributed by atoms with Gasteiger partial charge in [-0.05, 0) is 12.1 Å². The Morgan fingerprint density at radius 1 is 1.31 bits per heavy atom. The van der Waals surface area contributed by atoms with Gasteiger partial charge in [-0.15, -0.1) is 12.4 Å². The van der Waals surface area contributed by atoms with E-state index in [1.807, 2.05) is 0 Å². The highest BCUT2D eigenvalue weighted by Crippen LogP contribution is 2.18. The van der Waals surface area contributed by atoms with Crippen LogP contribution >= 0.6 is 12.4 Å². The Balaban J connectivity index is 0.00000144. The van der Waals surface area contributed by atoms with Crippen LogP contribution in [0.3, 0.4) is 0 Å². The molecule has 0 aliphatic rings. The minimum Gasteiger partial charge on any atom is -0.387 e. The number of benzene rings is 1. The molecule has 2 N–H and O–H groups in total. The van der Waals surface area contributed by atoms with Crippen LogP contribution in [0.2, 0.25) is 0 Å². The zero-order chi connectivity index (χ0) is 9.19. The van der Waals surface area contributed by atoms with Crippen LogP contribution in [-0.4, -0.2) is 20.0 Å². The molecule has 0 amide bonds. The van der Waals surface area contributed by atoms with Crippen molar-refractivity contribution >= 4 is 28.2 Å². The van der Waals surface area contributed by atoms with Crippen LogP contribution in [0.15, 0.2) is 29.2 Å². The monoisotopic (exact) mass is 223 g/mol. The highest BCUT2D eigenvalue weighted by molar-refractivity contribution is 7.86. The molecule has 1 aromatic rings. The van der Waals surface area contributed by atoms with Crippen LogP contribution in [0.4, 0.5) is 5.69 Å². The standard InChI is InChI=1S/C7H9NO3S.ClH/c1-8-6-4-2-3-5-7(6)12(9,10)11;/h2-5,8H,1H3,(H,9,10,11);1H. The molecule has 0 spiro atoms. The summed E-state index contributed by atoms with van der Waals surface area (Å²) in [6.07, 6.45) is 0. The van der Waals surface area contributed by atoms with Crippen LogP contribution in [0.5, 0.6) is 0 Å². The highest BCUT2D eigenvalue weighted by atomic mass is 35.5. The van der Waals surface area contributed by atoms with Crippen LogP contribution in [0.25, 0.3) is 0 Å². The summed E-state index contributed by atoms with van der Waals surface area (Å²) < 4.78 is 30.2. The fourth-order valence-corrected chi connectivity index (χ4v) is 1.60. The minimum absolute atomic E-state index is 0. The molecule has 0 aromatic heterocycles. The molecule has 0 saturated heterocycles. The average molecular weight is 224 g/mol. The van der Waals surface area contributed by atoms with Crippen molar-refractivity contribution in [1.82, 2.24) is 0 Å². The van der Waals surface area contributed by atoms with E-state index in [1.165, 1.54) is 6.07 Å². The second-order valence-electron chi connectivity index (χ2n) is 2.22. The van der Waals surface area contributed by atoms with Crippen molar-refractivity contribution in [3.63, 3.8) is 0 Å². The van der Waals surface area contributed by atoms with Crippen LogP contribution in [0, 0.1) is 0 Å². The van der Waals surface area contributed by atoms with Crippen molar-refractivity contribution in [2.24, 2.45) is 0 Å². The van der Waals surface area contributed by atoms with E-state index in [9.17, 15) is 8.42 Å². The fraction of sp³-hybridized carbons (Fsp3) is 0.143. The van der Waals surface area contributed by atoms with Gasteiger partial charge in [-0.3, -0.25) is 4.55 Å². The van der Waals surface area contributed by atoms with Crippen molar-refractivity contribution in [3.8, 4) is 0 Å². The van der Waals surface area contributed by atoms with Gasteiger partial charge in [0, 0.05) is 7.05 Å². The molecular weight excluding hydrogens is 214 g/mol. The first-order valence-electron chi connectivity index (χ1n) is 3.30. The third-order valence-electron chi connectivity index (χ3n) is 1.43. The van der Waals surface area contributed by atoms with Gasteiger partial charge in [0.15, 0.2) is 0 Å². The molecule has 13 heavy (non-hydrogen) atoms. The summed E-state index contributed by atoms with van der Waals surface area (Å²) in [6, 6.07) is 6.13. The van der Waals surface area contributed by atoms with Gasteiger partial charge in [0.05, 0.1) is 5.69 Å². The number of para-hydroxylation sites is 1. The zero-order valence-electron chi connectivity index (χ0n) is 6.89. The van der Waals surface area contributed by atoms with E-state index in [0.717, 1.165) is 0 Å². The van der Waals surface area contributed by atoms with Gasteiger partial charge in [0.2, 0.25) is 0 Å². The molecule has 0 unspecified atom stereocenters. The molecule has 6 heteroatoms. The maximum absolute atomic E-state index is 10.7. The quantitative estimate of drug-likeness (QED) is 0.744. The first-order valence-corrected chi connectivity index (χ1v) is 4.74. The Kier molecular flexibility index (Phi) is 4.19. The van der Waals surface area contributed by atoms with Crippen LogP contribution in [0.1, 0.15) is 0 Å². The van der Waals surface area contributed by atoms with Crippen molar-refractivity contribution in [2.75, 3.05) is 12.4 Å². The largest absolute Gasteiger partial charge is 0.387 e. The fourth-order valence-electron chi connectivity index (χ4n) is 0.898. The summed E-state index contributed by atoms with van der Waals surface area (Å²) in [4.78, 5) is -0.104. The summed E-state index contributed by atoms with van der Waals surface area (Å²) in [5.41, 5.74) is 0.389. The molecule has 74 valence electrons. The Morgan fingerprint density at radius 2 is 1.85 bits per heavy atom. The van der Waals surface area contributed by atoms with Crippen LogP contribution in [-0.2, 0) is 10.1 Å². The lowest BCUT2D eigenvalue weighted by molar-refractivity contribution is 0.483. The average Bonchev–Trinajstić information content (AvgIpc) is 2.03. The summed E-state index contributed by atoms with van der Waals surface area (Å²) in [5.74, 6) is 0. The molecule has 0 aliphatic heterocycles. The van der Waals surface area contributed by atoms with Crippen molar-refractivity contribution in [3.05, 3.63) is 24.3 Å². The SMILES string of the molecule is CNc1ccccc1S(=O)(=O)O.Cl. The first-order chi connectivity index (χ1) is 5.55. The van der Waals surface area contributed by atoms with Crippen molar-refractivity contribution in [1.29, 1.82) is 0 Å². The zero-order valence-corrected chi connectivity index (χ0v) is 8.52. The normalized spacial score (nSPS) is 10.3. The van der Waals surface area contributed by atoms with Gasteiger partial charge in [0.25, 0.3) is 10.1 Å². The van der Waals surface area contributed by atoms with Crippen molar-refractivity contribution in [2.45, 2.75) is 4.90 Å². The van der Waals surface area contributed by atoms with Crippen molar-refractivity contribution < 1.29 is 13.0 Å². The maximum Gasteiger partial charge on any atom is 0.296 e. The van der Waals surface area contributed by atoms with E-state index < -0.39 is 10.1 Å². The molecule has 0 fully saturated rings. The van der Waals surface area contributed by atoms with Gasteiger partial charge >= 0.3 is 0 Å². The minimum atomic E-state index is -4.11. The lowest BCUT2D eigenvalue weighted by Crippen LogP contribution is -2.02. The summed E-state index contributed by atoms with van der Waals surface area (Å²) in [5, 5.41) is 2.66. The van der Waals surface area contributed by atoms with E-state index in [1.54, 1.807) is 25.2 Å². The van der Waals surface area contributed by atoms with Gasteiger partial charge in [-0.25, -0.2) is 0 Å². The number of hydrogen-bond donors (Lipinski definition) is 2. The number of halogens is 1. The van der Waals surface area contributed by atoms with E-state index in [2.05, 4.69) is 5.32 Å². The first kappa shape index (κ1) is 12.2. The predicted molar refractivity (Wildman–Crippen MR) is 53.1 cm³/mol. The molecule has 0 heterocycles. The van der Waals surface area contributed by atoms with Gasteiger partial charge in [-0.1, -0.05) is 12.1 Å². The van der Waals surface area contributed by atoms with Crippen LogP contribution < -0.4 is 5.32 Å². The molecule has 0 aliphatic carbocycles. The number of hydrogen-bond acceptors (Lipinski definition) is 3. The topological polar surface area (TPSA) is 66.4 Å². The second-order valence-corrected chi connectivity index (χ2v) is 3.61. The summed E-state index contributed by atoms with van der Waals surface area (Å²) >= 11 is 0.